The van der Waals surface area contributed by atoms with Gasteiger partial charge in [-0.05, 0) is 118 Å². The molecular formula is C91H110N16O24. The summed E-state index contributed by atoms with van der Waals surface area (Å²) in [4.78, 5) is 254. The molecule has 0 aromatic heterocycles. The van der Waals surface area contributed by atoms with E-state index in [1.54, 1.807) is 98.2 Å². The molecule has 9 heterocycles. The number of carbonyl (C=O) groups is 18. The van der Waals surface area contributed by atoms with Crippen molar-refractivity contribution in [2.75, 3.05) is 100 Å². The van der Waals surface area contributed by atoms with Gasteiger partial charge in [-0.2, -0.15) is 0 Å². The van der Waals surface area contributed by atoms with Gasteiger partial charge in [0, 0.05) is 113 Å². The SMILES string of the molecule is C=C1C[C@H]2CN3C(=O)OCc4ccc(cc4)NC(=O)[C@H](C)NC(=O)[C@H](C(C)C)NC(=O)CCCNC(=O)[C@@H](NC(=O)CCN4C(=O)C=CC4=O)[C@@H](NC(=O)CCN4C(=O)C=CC4=O)C(=O)NCCCC(=O)N[C@@H](C(C)C)C(=O)N[C@@H](C)C(=O)Nc4ccc(cc4)COC(=O)N4C[C@@H]5CC(=C)CN5C(=O)c5cc(OC)c(cc54)OCCCCCOc4cc3c(cc4OC)C(=O)N2C1. The average Bonchev–Trinajstić information content (AvgIpc) is 1.62. The Morgan fingerprint density at radius 3 is 1.18 bits per heavy atom. The van der Waals surface area contributed by atoms with Crippen molar-refractivity contribution >= 4 is 129 Å². The molecule has 0 saturated carbocycles. The lowest BCUT2D eigenvalue weighted by atomic mass is 10.0. The highest BCUT2D eigenvalue weighted by atomic mass is 16.6. The Balaban J connectivity index is 0.803. The van der Waals surface area contributed by atoms with Crippen molar-refractivity contribution in [1.29, 1.82) is 0 Å². The van der Waals surface area contributed by atoms with Crippen LogP contribution in [-0.4, -0.2) is 254 Å². The number of ether oxygens (including phenoxy) is 6. The van der Waals surface area contributed by atoms with Gasteiger partial charge in [0.05, 0.1) is 75.1 Å². The van der Waals surface area contributed by atoms with Gasteiger partial charge in [-0.1, -0.05) is 76.3 Å². The van der Waals surface area contributed by atoms with Crippen LogP contribution in [0, 0.1) is 11.8 Å². The van der Waals surface area contributed by atoms with Crippen LogP contribution in [0.25, 0.3) is 0 Å². The fourth-order valence-electron chi connectivity index (χ4n) is 15.6. The number of anilines is 4. The van der Waals surface area contributed by atoms with Gasteiger partial charge in [0.2, 0.25) is 59.1 Å². The van der Waals surface area contributed by atoms with Crippen LogP contribution >= 0.6 is 0 Å². The van der Waals surface area contributed by atoms with Crippen LogP contribution in [0.1, 0.15) is 144 Å². The first-order valence-corrected chi connectivity index (χ1v) is 43.3. The first kappa shape index (κ1) is 97.1. The standard InChI is InChI=1S/C91H110N16O24/c1-50(2)78-86(120)94-54(7)82(116)96-58-22-18-56(19-23-58)48-130-90(124)106-46-60-38-52(5)44-104(60)88(122)62-40-66(126-9)68(42-64(62)106)128-36-12-11-13-37-129-69-43-65-63(41-67(69)127-10)89(123)105-45-53(6)39-61(105)47-107(65)91(125)131-49-57-20-24-59(25-21-57)97-83(117)55(8)95-87(121)79(51(3)4)99-71(109)17-15-33-93-85(119)81(101-73(111)31-35-103-76(114)28-29-77(103)115)80(84(118)92-32-14-16-70(108)98-78)100-72(110)30-34-102-74(112)26-27-75(102)113/h18-29,40-43,50-51,54-55,60-61,78-81H,5-6,11-17,30-39,44-49H2,1-4,7-10H3,(H,92,118)(H,93,119)(H,94,120)(H,95,121)(H,96,116)(H,97,117)(H,98,108)(H,99,109)(H,100,110)(H,101,111)/t54-,55-,60-,61-,78-,79-,80-,81+/m0/s1. The molecule has 18 amide bonds. The lowest BCUT2D eigenvalue weighted by molar-refractivity contribution is -0.140. The van der Waals surface area contributed by atoms with Crippen molar-refractivity contribution in [2.45, 2.75) is 174 Å². The summed E-state index contributed by atoms with van der Waals surface area (Å²) < 4.78 is 36.1. The first-order valence-electron chi connectivity index (χ1n) is 43.3. The molecule has 4 aromatic carbocycles. The fraction of sp³-hybridized carbons (Fsp3) is 0.451. The second kappa shape index (κ2) is 44.5. The fourth-order valence-corrected chi connectivity index (χ4v) is 15.6. The topological polar surface area (TPSA) is 502 Å². The number of carbonyl (C=O) groups excluding carboxylic acids is 18. The van der Waals surface area contributed by atoms with E-state index >= 15 is 0 Å². The zero-order valence-corrected chi connectivity index (χ0v) is 74.2. The van der Waals surface area contributed by atoms with Crippen molar-refractivity contribution in [3.8, 4) is 23.0 Å². The molecule has 2 saturated heterocycles. The molecule has 0 radical (unpaired) electrons. The number of fused-ring (bicyclic) bond motifs is 4. The zero-order valence-electron chi connectivity index (χ0n) is 74.2. The van der Waals surface area contributed by atoms with E-state index in [4.69, 9.17) is 28.4 Å². The van der Waals surface area contributed by atoms with E-state index in [9.17, 15) is 86.3 Å². The molecule has 8 atom stereocenters. The van der Waals surface area contributed by atoms with Crippen molar-refractivity contribution in [3.63, 3.8) is 0 Å². The number of amides is 18. The largest absolute Gasteiger partial charge is 0.493 e. The molecule has 9 aliphatic rings. The third-order valence-electron chi connectivity index (χ3n) is 22.8. The van der Waals surface area contributed by atoms with Crippen LogP contribution in [0.4, 0.5) is 32.3 Å². The van der Waals surface area contributed by atoms with Gasteiger partial charge in [0.1, 0.15) is 49.5 Å². The second-order valence-corrected chi connectivity index (χ2v) is 33.3. The smallest absolute Gasteiger partial charge is 0.414 e. The molecule has 0 unspecified atom stereocenters. The summed E-state index contributed by atoms with van der Waals surface area (Å²) in [7, 11) is 2.87. The van der Waals surface area contributed by atoms with Crippen molar-refractivity contribution < 1.29 is 115 Å². The second-order valence-electron chi connectivity index (χ2n) is 33.3. The number of nitrogens with zero attached hydrogens (tertiary/aromatic N) is 6. The average molecular weight is 1810 g/mol. The molecule has 0 aliphatic carbocycles. The molecule has 8 bridgehead atoms. The Kier molecular flexibility index (Phi) is 33.0. The third-order valence-corrected chi connectivity index (χ3v) is 22.8. The summed E-state index contributed by atoms with van der Waals surface area (Å²) in [5.74, 6) is -12.2. The molecule has 698 valence electrons. The minimum Gasteiger partial charge on any atom is -0.493 e. The Hall–Kier alpha value is -14.5. The van der Waals surface area contributed by atoms with Crippen LogP contribution in [0.15, 0.2) is 121 Å². The number of imide groups is 2. The van der Waals surface area contributed by atoms with E-state index in [1.165, 1.54) is 50.0 Å². The highest BCUT2D eigenvalue weighted by Crippen LogP contribution is 2.43. The van der Waals surface area contributed by atoms with E-state index in [0.29, 0.717) is 54.6 Å². The minimum absolute atomic E-state index is 0.0466. The van der Waals surface area contributed by atoms with Gasteiger partial charge < -0.3 is 91.4 Å². The maximum absolute atomic E-state index is 14.5. The van der Waals surface area contributed by atoms with Crippen LogP contribution in [0.2, 0.25) is 0 Å². The van der Waals surface area contributed by atoms with Crippen LogP contribution in [0.3, 0.4) is 0 Å². The summed E-state index contributed by atoms with van der Waals surface area (Å²) in [6.45, 7) is 16.5. The summed E-state index contributed by atoms with van der Waals surface area (Å²) in [6.07, 6.45) is 2.59. The predicted molar refractivity (Wildman–Crippen MR) is 471 cm³/mol. The summed E-state index contributed by atoms with van der Waals surface area (Å²) in [6, 6.07) is 9.18. The number of nitrogens with one attached hydrogen (secondary N) is 10. The summed E-state index contributed by atoms with van der Waals surface area (Å²) >= 11 is 0. The number of hydrogen-bond donors (Lipinski definition) is 10. The molecule has 9 aliphatic heterocycles. The Morgan fingerprint density at radius 1 is 0.466 bits per heavy atom. The summed E-state index contributed by atoms with van der Waals surface area (Å²) in [5.41, 5.74) is 3.99. The number of benzene rings is 4. The zero-order chi connectivity index (χ0) is 94.6. The molecular weight excluding hydrogens is 1700 g/mol. The number of rotatable bonds is 12. The molecule has 2 fully saturated rings. The lowest BCUT2D eigenvalue weighted by Gasteiger charge is -2.28. The van der Waals surface area contributed by atoms with Crippen molar-refractivity contribution in [3.05, 3.63) is 144 Å². The molecule has 40 nitrogen and oxygen atoms in total. The monoisotopic (exact) mass is 1810 g/mol. The van der Waals surface area contributed by atoms with Gasteiger partial charge >= 0.3 is 12.2 Å². The Bertz CT molecular complexity index is 4850. The van der Waals surface area contributed by atoms with Gasteiger partial charge in [0.15, 0.2) is 23.0 Å². The number of hydrogen-bond acceptors (Lipinski definition) is 24. The predicted octanol–water partition coefficient (Wildman–Crippen LogP) is 3.76. The Morgan fingerprint density at radius 2 is 0.832 bits per heavy atom. The quantitative estimate of drug-likeness (QED) is 0.0713. The molecule has 10 N–H and O–H groups in total. The number of methoxy groups -OCH3 is 2. The third kappa shape index (κ3) is 25.1. The van der Waals surface area contributed by atoms with E-state index in [1.807, 2.05) is 0 Å². The van der Waals surface area contributed by atoms with Gasteiger partial charge in [0.25, 0.3) is 35.4 Å². The molecule has 13 rings (SSSR count). The van der Waals surface area contributed by atoms with Crippen molar-refractivity contribution in [1.82, 2.24) is 62.1 Å². The lowest BCUT2D eigenvalue weighted by Crippen LogP contribution is -2.64. The van der Waals surface area contributed by atoms with Gasteiger partial charge in [-0.3, -0.25) is 96.3 Å². The molecule has 0 spiro atoms. The normalized spacial score (nSPS) is 22.8. The maximum Gasteiger partial charge on any atom is 0.414 e. The maximum atomic E-state index is 14.5. The van der Waals surface area contributed by atoms with Crippen LogP contribution in [-0.2, 0) is 89.8 Å². The van der Waals surface area contributed by atoms with E-state index in [2.05, 4.69) is 66.3 Å². The van der Waals surface area contributed by atoms with Crippen molar-refractivity contribution in [2.24, 2.45) is 11.8 Å². The molecule has 4 aromatic rings. The highest BCUT2D eigenvalue weighted by Gasteiger charge is 2.45. The van der Waals surface area contributed by atoms with Crippen LogP contribution in [0.5, 0.6) is 23.0 Å². The molecule has 131 heavy (non-hydrogen) atoms. The Labute approximate surface area is 755 Å². The van der Waals surface area contributed by atoms with Gasteiger partial charge in [-0.25, -0.2) is 9.59 Å². The van der Waals surface area contributed by atoms with E-state index in [-0.39, 0.29) is 149 Å². The minimum atomic E-state index is -2.03. The van der Waals surface area contributed by atoms with Gasteiger partial charge in [-0.15, -0.1) is 0 Å². The summed E-state index contributed by atoms with van der Waals surface area (Å²) in [5, 5.41) is 25.9. The van der Waals surface area contributed by atoms with Crippen LogP contribution < -0.4 is 81.9 Å². The highest BCUT2D eigenvalue weighted by molar-refractivity contribution is 6.14. The van der Waals surface area contributed by atoms with E-state index < -0.39 is 181 Å². The van der Waals surface area contributed by atoms with E-state index in [0.717, 1.165) is 45.3 Å². The first-order chi connectivity index (χ1) is 62.6. The molecule has 40 heteroatoms.